The standard InChI is InChI=1S/C23H22ClF3N4O.ClH/c24-17-5-10-20-15(11-17)12-28-13-21-29-30-22(31(20)21)14-1-6-18(7-2-14)32-19-8-3-16(4-9-19)23(25,26)27;/h3-5,8-11,14,18,28H,1-2,6-7,12-13H2;1H/t14-,18-;. The topological polar surface area (TPSA) is 52.0 Å². The largest absolute Gasteiger partial charge is 0.490 e. The molecule has 1 fully saturated rings. The minimum absolute atomic E-state index is 0. The van der Waals surface area contributed by atoms with E-state index in [1.54, 1.807) is 0 Å². The molecule has 2 heterocycles. The van der Waals surface area contributed by atoms with E-state index in [9.17, 15) is 13.2 Å². The fraction of sp³-hybridized carbons (Fsp3) is 0.391. The Morgan fingerprint density at radius 2 is 1.70 bits per heavy atom. The number of benzene rings is 2. The lowest BCUT2D eigenvalue weighted by atomic mass is 9.86. The molecule has 5 nitrogen and oxygen atoms in total. The normalized spacial score (nSPS) is 20.2. The van der Waals surface area contributed by atoms with Gasteiger partial charge in [0.15, 0.2) is 5.82 Å². The molecule has 0 radical (unpaired) electrons. The van der Waals surface area contributed by atoms with Crippen molar-refractivity contribution in [2.75, 3.05) is 0 Å². The Hall–Kier alpha value is -2.29. The van der Waals surface area contributed by atoms with Crippen LogP contribution in [-0.4, -0.2) is 20.9 Å². The zero-order valence-electron chi connectivity index (χ0n) is 17.6. The van der Waals surface area contributed by atoms with E-state index in [0.29, 0.717) is 23.9 Å². The second-order valence-electron chi connectivity index (χ2n) is 8.30. The monoisotopic (exact) mass is 498 g/mol. The summed E-state index contributed by atoms with van der Waals surface area (Å²) in [5, 5.41) is 13.0. The SMILES string of the molecule is Cl.FC(F)(F)c1ccc(O[C@H]2CC[C@H](c3nnc4n3-c3ccc(Cl)cc3CNC4)CC2)cc1. The average molecular weight is 499 g/mol. The number of nitrogens with zero attached hydrogens (tertiary/aromatic N) is 3. The van der Waals surface area contributed by atoms with E-state index in [1.165, 1.54) is 12.1 Å². The molecule has 1 aliphatic heterocycles. The highest BCUT2D eigenvalue weighted by atomic mass is 35.5. The Morgan fingerprint density at radius 3 is 2.39 bits per heavy atom. The predicted molar refractivity (Wildman–Crippen MR) is 121 cm³/mol. The van der Waals surface area contributed by atoms with E-state index in [2.05, 4.69) is 20.1 Å². The summed E-state index contributed by atoms with van der Waals surface area (Å²) in [5.41, 5.74) is 1.49. The molecule has 2 aliphatic rings. The summed E-state index contributed by atoms with van der Waals surface area (Å²) < 4.78 is 46.3. The van der Waals surface area contributed by atoms with Gasteiger partial charge in [0.2, 0.25) is 0 Å². The van der Waals surface area contributed by atoms with Gasteiger partial charge < -0.3 is 10.1 Å². The number of ether oxygens (including phenoxy) is 1. The molecule has 1 aromatic heterocycles. The van der Waals surface area contributed by atoms with Crippen molar-refractivity contribution in [3.05, 3.63) is 70.3 Å². The van der Waals surface area contributed by atoms with E-state index in [0.717, 1.165) is 60.7 Å². The second kappa shape index (κ2) is 9.52. The quantitative estimate of drug-likeness (QED) is 0.476. The molecule has 1 aliphatic carbocycles. The number of nitrogens with one attached hydrogen (secondary N) is 1. The third kappa shape index (κ3) is 4.98. The highest BCUT2D eigenvalue weighted by Crippen LogP contribution is 2.37. The zero-order valence-corrected chi connectivity index (χ0v) is 19.2. The number of aromatic nitrogens is 3. The summed E-state index contributed by atoms with van der Waals surface area (Å²) >= 11 is 6.19. The van der Waals surface area contributed by atoms with E-state index in [-0.39, 0.29) is 24.4 Å². The van der Waals surface area contributed by atoms with Crippen molar-refractivity contribution in [2.45, 2.75) is 57.0 Å². The smallest absolute Gasteiger partial charge is 0.416 e. The Kier molecular flexibility index (Phi) is 6.88. The number of fused-ring (bicyclic) bond motifs is 3. The molecule has 176 valence electrons. The molecule has 1 saturated carbocycles. The minimum Gasteiger partial charge on any atom is -0.490 e. The first-order chi connectivity index (χ1) is 15.4. The molecular weight excluding hydrogens is 476 g/mol. The third-order valence-electron chi connectivity index (χ3n) is 6.16. The molecule has 10 heteroatoms. The molecule has 0 unspecified atom stereocenters. The Bertz CT molecular complexity index is 1110. The lowest BCUT2D eigenvalue weighted by molar-refractivity contribution is -0.137. The van der Waals surface area contributed by atoms with Gasteiger partial charge in [-0.15, -0.1) is 22.6 Å². The number of hydrogen-bond acceptors (Lipinski definition) is 4. The first-order valence-corrected chi connectivity index (χ1v) is 11.0. The van der Waals surface area contributed by atoms with Crippen LogP contribution in [0.3, 0.4) is 0 Å². The van der Waals surface area contributed by atoms with Crippen molar-refractivity contribution >= 4 is 24.0 Å². The summed E-state index contributed by atoms with van der Waals surface area (Å²) in [7, 11) is 0. The van der Waals surface area contributed by atoms with Crippen molar-refractivity contribution < 1.29 is 17.9 Å². The molecule has 1 N–H and O–H groups in total. The first kappa shape index (κ1) is 23.9. The van der Waals surface area contributed by atoms with Gasteiger partial charge in [0.25, 0.3) is 0 Å². The molecule has 0 bridgehead atoms. The highest BCUT2D eigenvalue weighted by molar-refractivity contribution is 6.30. The lowest BCUT2D eigenvalue weighted by Crippen LogP contribution is -2.25. The summed E-state index contributed by atoms with van der Waals surface area (Å²) in [6.45, 7) is 1.35. The van der Waals surface area contributed by atoms with Crippen molar-refractivity contribution in [2.24, 2.45) is 0 Å². The summed E-state index contributed by atoms with van der Waals surface area (Å²) in [6.07, 6.45) is -1.01. The maximum atomic E-state index is 12.7. The van der Waals surface area contributed by atoms with Crippen LogP contribution >= 0.6 is 24.0 Å². The van der Waals surface area contributed by atoms with Gasteiger partial charge in [-0.1, -0.05) is 11.6 Å². The molecule has 3 aromatic rings. The van der Waals surface area contributed by atoms with Crippen molar-refractivity contribution in [3.8, 4) is 11.4 Å². The minimum atomic E-state index is -4.34. The summed E-state index contributed by atoms with van der Waals surface area (Å²) in [4.78, 5) is 0. The van der Waals surface area contributed by atoms with Gasteiger partial charge in [-0.3, -0.25) is 4.57 Å². The van der Waals surface area contributed by atoms with Crippen LogP contribution in [-0.2, 0) is 19.3 Å². The van der Waals surface area contributed by atoms with Gasteiger partial charge >= 0.3 is 6.18 Å². The van der Waals surface area contributed by atoms with Crippen LogP contribution in [0.25, 0.3) is 5.69 Å². The van der Waals surface area contributed by atoms with Gasteiger partial charge in [-0.25, -0.2) is 0 Å². The zero-order chi connectivity index (χ0) is 22.3. The summed E-state index contributed by atoms with van der Waals surface area (Å²) in [6, 6.07) is 10.8. The fourth-order valence-corrected chi connectivity index (χ4v) is 4.74. The molecule has 0 spiro atoms. The van der Waals surface area contributed by atoms with Crippen LogP contribution in [0.5, 0.6) is 5.75 Å². The van der Waals surface area contributed by atoms with Crippen molar-refractivity contribution in [3.63, 3.8) is 0 Å². The van der Waals surface area contributed by atoms with E-state index < -0.39 is 11.7 Å². The van der Waals surface area contributed by atoms with Crippen LogP contribution in [0, 0.1) is 0 Å². The molecular formula is C23H23Cl2F3N4O. The number of alkyl halides is 3. The van der Waals surface area contributed by atoms with Gasteiger partial charge in [-0.05, 0) is 73.7 Å². The van der Waals surface area contributed by atoms with Crippen LogP contribution in [0.4, 0.5) is 13.2 Å². The fourth-order valence-electron chi connectivity index (χ4n) is 4.55. The van der Waals surface area contributed by atoms with Crippen molar-refractivity contribution in [1.82, 2.24) is 20.1 Å². The van der Waals surface area contributed by atoms with Gasteiger partial charge in [0.1, 0.15) is 11.6 Å². The maximum Gasteiger partial charge on any atom is 0.416 e. The van der Waals surface area contributed by atoms with Gasteiger partial charge in [0.05, 0.1) is 23.9 Å². The van der Waals surface area contributed by atoms with E-state index in [4.69, 9.17) is 16.3 Å². The predicted octanol–water partition coefficient (Wildman–Crippen LogP) is 6.07. The van der Waals surface area contributed by atoms with Crippen LogP contribution in [0.15, 0.2) is 42.5 Å². The van der Waals surface area contributed by atoms with E-state index in [1.807, 2.05) is 18.2 Å². The second-order valence-corrected chi connectivity index (χ2v) is 8.74. The average Bonchev–Trinajstić information content (AvgIpc) is 3.09. The Morgan fingerprint density at radius 1 is 0.970 bits per heavy atom. The van der Waals surface area contributed by atoms with Gasteiger partial charge in [-0.2, -0.15) is 13.2 Å². The maximum absolute atomic E-state index is 12.7. The highest BCUT2D eigenvalue weighted by Gasteiger charge is 2.31. The van der Waals surface area contributed by atoms with Crippen LogP contribution < -0.4 is 10.1 Å². The molecule has 5 rings (SSSR count). The molecule has 0 amide bonds. The number of halogens is 5. The molecule has 0 saturated heterocycles. The number of hydrogen-bond donors (Lipinski definition) is 1. The first-order valence-electron chi connectivity index (χ1n) is 10.7. The molecule has 0 atom stereocenters. The van der Waals surface area contributed by atoms with Crippen LogP contribution in [0.2, 0.25) is 5.02 Å². The lowest BCUT2D eigenvalue weighted by Gasteiger charge is -2.29. The van der Waals surface area contributed by atoms with Crippen molar-refractivity contribution in [1.29, 1.82) is 0 Å². The Labute approximate surface area is 200 Å². The van der Waals surface area contributed by atoms with Gasteiger partial charge in [0, 0.05) is 17.5 Å². The van der Waals surface area contributed by atoms with E-state index >= 15 is 0 Å². The Balaban J connectivity index is 0.00000259. The number of rotatable bonds is 3. The van der Waals surface area contributed by atoms with Crippen LogP contribution in [0.1, 0.15) is 54.4 Å². The third-order valence-corrected chi connectivity index (χ3v) is 6.39. The summed E-state index contributed by atoms with van der Waals surface area (Å²) in [5.74, 6) is 2.53. The molecule has 2 aromatic carbocycles. The molecule has 33 heavy (non-hydrogen) atoms.